The maximum Gasteiger partial charge on any atom is 0.353 e. The first-order valence-electron chi connectivity index (χ1n) is 3.40. The van der Waals surface area contributed by atoms with Crippen LogP contribution in [0.15, 0.2) is 0 Å². The molecular formula is C4H12O6P2. The van der Waals surface area contributed by atoms with E-state index in [0.717, 1.165) is 12.8 Å². The summed E-state index contributed by atoms with van der Waals surface area (Å²) in [6.45, 7) is 2.23. The van der Waals surface area contributed by atoms with Gasteiger partial charge in [-0.1, -0.05) is 13.3 Å². The van der Waals surface area contributed by atoms with Crippen molar-refractivity contribution >= 4 is 16.5 Å². The summed E-state index contributed by atoms with van der Waals surface area (Å²) in [5, 5.41) is 7.78. The van der Waals surface area contributed by atoms with E-state index in [2.05, 4.69) is 13.5 Å². The lowest BCUT2D eigenvalue weighted by Gasteiger charge is -2.01. The normalized spacial score (nSPS) is 15.8. The minimum Gasteiger partial charge on any atom is -0.310 e. The van der Waals surface area contributed by atoms with Gasteiger partial charge in [0.1, 0.15) is 0 Å². The first-order valence-corrected chi connectivity index (χ1v) is 5.85. The van der Waals surface area contributed by atoms with Crippen LogP contribution in [0.25, 0.3) is 0 Å². The Balaban J connectivity index is 3.40. The van der Waals surface area contributed by atoms with Gasteiger partial charge >= 0.3 is 16.5 Å². The van der Waals surface area contributed by atoms with Crippen molar-refractivity contribution in [1.29, 1.82) is 0 Å². The predicted octanol–water partition coefficient (Wildman–Crippen LogP) is 2.09. The molecule has 6 nitrogen and oxygen atoms in total. The molecule has 8 heteroatoms. The Morgan fingerprint density at radius 3 is 2.50 bits per heavy atom. The molecule has 0 bridgehead atoms. The van der Waals surface area contributed by atoms with Crippen LogP contribution in [0.5, 0.6) is 0 Å². The molecule has 1 N–H and O–H groups in total. The van der Waals surface area contributed by atoms with Gasteiger partial charge in [-0.15, -0.1) is 0 Å². The van der Waals surface area contributed by atoms with Crippen molar-refractivity contribution in [3.05, 3.63) is 0 Å². The molecule has 0 aliphatic carbocycles. The van der Waals surface area contributed by atoms with Gasteiger partial charge in [0.2, 0.25) is 0 Å². The molecule has 0 amide bonds. The van der Waals surface area contributed by atoms with E-state index in [1.807, 2.05) is 6.92 Å². The summed E-state index contributed by atoms with van der Waals surface area (Å²) >= 11 is 0. The Bertz CT molecular complexity index is 160. The van der Waals surface area contributed by atoms with E-state index in [1.165, 1.54) is 0 Å². The van der Waals surface area contributed by atoms with Crippen LogP contribution in [0.3, 0.4) is 0 Å². The highest BCUT2D eigenvalue weighted by molar-refractivity contribution is 7.47. The van der Waals surface area contributed by atoms with Crippen LogP contribution >= 0.6 is 16.5 Å². The number of hydrogen-bond acceptors (Lipinski definition) is 6. The van der Waals surface area contributed by atoms with E-state index in [0.29, 0.717) is 0 Å². The average molecular weight is 218 g/mol. The van der Waals surface area contributed by atoms with Crippen LogP contribution in [-0.2, 0) is 22.6 Å². The Hall–Kier alpha value is 0.300. The highest BCUT2D eigenvalue weighted by Crippen LogP contribution is 2.38. The Labute approximate surface area is 71.7 Å². The summed E-state index contributed by atoms with van der Waals surface area (Å²) in [5.41, 5.74) is 0. The third-order valence-corrected chi connectivity index (χ3v) is 2.88. The van der Waals surface area contributed by atoms with Crippen molar-refractivity contribution in [2.75, 3.05) is 6.61 Å². The van der Waals surface area contributed by atoms with Crippen molar-refractivity contribution in [1.82, 2.24) is 0 Å². The quantitative estimate of drug-likeness (QED) is 0.305. The molecule has 0 saturated carbocycles. The third kappa shape index (κ3) is 6.98. The van der Waals surface area contributed by atoms with Gasteiger partial charge in [0, 0.05) is 0 Å². The standard InChI is InChI=1S/C4H12O6P2/c1-2-3-4-8-11(6)10-12(7)9-5/h5,11-12H,2-4H2,1H3. The molecule has 2 unspecified atom stereocenters. The molecule has 12 heavy (non-hydrogen) atoms. The van der Waals surface area contributed by atoms with Gasteiger partial charge in [-0.25, -0.2) is 9.57 Å². The fourth-order valence-electron chi connectivity index (χ4n) is 0.416. The van der Waals surface area contributed by atoms with Crippen molar-refractivity contribution < 1.29 is 27.9 Å². The lowest BCUT2D eigenvalue weighted by atomic mass is 10.4. The van der Waals surface area contributed by atoms with Gasteiger partial charge in [0.25, 0.3) is 0 Å². The van der Waals surface area contributed by atoms with E-state index in [4.69, 9.17) is 5.26 Å². The fraction of sp³-hybridized carbons (Fsp3) is 1.00. The molecule has 0 aliphatic rings. The monoisotopic (exact) mass is 218 g/mol. The topological polar surface area (TPSA) is 82.1 Å². The van der Waals surface area contributed by atoms with Crippen molar-refractivity contribution in [3.8, 4) is 0 Å². The maximum atomic E-state index is 10.7. The molecule has 0 saturated heterocycles. The lowest BCUT2D eigenvalue weighted by Crippen LogP contribution is -1.85. The molecule has 0 aliphatic heterocycles. The second-order valence-corrected chi connectivity index (χ2v) is 4.18. The predicted molar refractivity (Wildman–Crippen MR) is 43.7 cm³/mol. The van der Waals surface area contributed by atoms with Gasteiger partial charge in [0.15, 0.2) is 0 Å². The molecular weight excluding hydrogens is 206 g/mol. The van der Waals surface area contributed by atoms with E-state index in [-0.39, 0.29) is 6.61 Å². The number of unbranched alkanes of at least 4 members (excludes halogenated alkanes) is 1. The van der Waals surface area contributed by atoms with E-state index < -0.39 is 16.5 Å². The molecule has 0 radical (unpaired) electrons. The highest BCUT2D eigenvalue weighted by atomic mass is 31.2. The van der Waals surface area contributed by atoms with Gasteiger partial charge in [-0.05, 0) is 6.42 Å². The highest BCUT2D eigenvalue weighted by Gasteiger charge is 2.05. The zero-order valence-corrected chi connectivity index (χ0v) is 8.61. The van der Waals surface area contributed by atoms with Crippen LogP contribution in [-0.4, -0.2) is 11.9 Å². The minimum absolute atomic E-state index is 0.287. The number of hydrogen-bond donors (Lipinski definition) is 1. The maximum absolute atomic E-state index is 10.7. The van der Waals surface area contributed by atoms with Crippen LogP contribution in [0.4, 0.5) is 0 Å². The number of rotatable bonds is 7. The largest absolute Gasteiger partial charge is 0.353 e. The smallest absolute Gasteiger partial charge is 0.310 e. The van der Waals surface area contributed by atoms with Crippen molar-refractivity contribution in [2.24, 2.45) is 0 Å². The summed E-state index contributed by atoms with van der Waals surface area (Å²) in [6.07, 6.45) is 1.65. The fourth-order valence-corrected chi connectivity index (χ4v) is 1.66. The van der Waals surface area contributed by atoms with Gasteiger partial charge in [0.05, 0.1) is 6.61 Å². The molecule has 2 atom stereocenters. The third-order valence-electron chi connectivity index (χ3n) is 0.959. The zero-order valence-electron chi connectivity index (χ0n) is 6.61. The lowest BCUT2D eigenvalue weighted by molar-refractivity contribution is -0.137. The van der Waals surface area contributed by atoms with E-state index in [9.17, 15) is 9.13 Å². The van der Waals surface area contributed by atoms with Crippen LogP contribution < -0.4 is 0 Å². The zero-order chi connectivity index (χ0) is 9.40. The Morgan fingerprint density at radius 1 is 1.33 bits per heavy atom. The summed E-state index contributed by atoms with van der Waals surface area (Å²) in [7, 11) is -5.83. The van der Waals surface area contributed by atoms with Crippen molar-refractivity contribution in [3.63, 3.8) is 0 Å². The summed E-state index contributed by atoms with van der Waals surface area (Å²) in [5.74, 6) is 0. The average Bonchev–Trinajstić information content (AvgIpc) is 2.05. The van der Waals surface area contributed by atoms with Crippen LogP contribution in [0.2, 0.25) is 0 Å². The summed E-state index contributed by atoms with van der Waals surface area (Å²) < 4.78 is 33.0. The molecule has 0 heterocycles. The Morgan fingerprint density at radius 2 is 2.00 bits per heavy atom. The Kier molecular flexibility index (Phi) is 8.12. The summed E-state index contributed by atoms with van der Waals surface area (Å²) in [4.78, 5) is 0. The van der Waals surface area contributed by atoms with Crippen LogP contribution in [0, 0.1) is 0 Å². The molecule has 0 aromatic heterocycles. The SMILES string of the molecule is CCCCO[PH](=O)O[PH](=O)OO. The van der Waals surface area contributed by atoms with Gasteiger partial charge in [-0.3, -0.25) is 9.13 Å². The van der Waals surface area contributed by atoms with E-state index in [1.54, 1.807) is 0 Å². The molecule has 0 spiro atoms. The second-order valence-electron chi connectivity index (χ2n) is 1.90. The molecule has 0 fully saturated rings. The minimum atomic E-state index is -3.05. The van der Waals surface area contributed by atoms with E-state index >= 15 is 0 Å². The first kappa shape index (κ1) is 12.3. The van der Waals surface area contributed by atoms with Crippen LogP contribution in [0.1, 0.15) is 19.8 Å². The molecule has 74 valence electrons. The molecule has 0 aromatic carbocycles. The van der Waals surface area contributed by atoms with Gasteiger partial charge in [-0.2, -0.15) is 4.67 Å². The van der Waals surface area contributed by atoms with Gasteiger partial charge < -0.3 is 4.52 Å². The summed E-state index contributed by atoms with van der Waals surface area (Å²) in [6, 6.07) is 0. The molecule has 0 rings (SSSR count). The first-order chi connectivity index (χ1) is 5.70. The molecule has 0 aromatic rings. The van der Waals surface area contributed by atoms with Crippen molar-refractivity contribution in [2.45, 2.75) is 19.8 Å². The second kappa shape index (κ2) is 7.92.